The van der Waals surface area contributed by atoms with E-state index in [2.05, 4.69) is 16.5 Å². The second-order valence-corrected chi connectivity index (χ2v) is 5.77. The van der Waals surface area contributed by atoms with Gasteiger partial charge in [0.25, 0.3) is 0 Å². The highest BCUT2D eigenvalue weighted by Gasteiger charge is 2.16. The van der Waals surface area contributed by atoms with Crippen LogP contribution in [0, 0.1) is 11.9 Å². The summed E-state index contributed by atoms with van der Waals surface area (Å²) >= 11 is 0. The van der Waals surface area contributed by atoms with Gasteiger partial charge in [-0.3, -0.25) is 0 Å². The third kappa shape index (κ3) is 2.88. The normalized spacial score (nSPS) is 10.8. The molecule has 4 rings (SSSR count). The molecule has 5 nitrogen and oxygen atoms in total. The van der Waals surface area contributed by atoms with Crippen molar-refractivity contribution < 1.29 is 9.18 Å². The summed E-state index contributed by atoms with van der Waals surface area (Å²) in [7, 11) is 0. The van der Waals surface area contributed by atoms with Gasteiger partial charge in [-0.25, -0.2) is 9.18 Å². The number of carbonyl (C=O) groups is 1. The van der Waals surface area contributed by atoms with E-state index < -0.39 is 6.03 Å². The van der Waals surface area contributed by atoms with E-state index in [-0.39, 0.29) is 5.82 Å². The van der Waals surface area contributed by atoms with Gasteiger partial charge in [0.05, 0.1) is 5.52 Å². The molecule has 1 aromatic heterocycles. The van der Waals surface area contributed by atoms with E-state index in [4.69, 9.17) is 5.73 Å². The first-order valence-corrected chi connectivity index (χ1v) is 7.93. The predicted octanol–water partition coefficient (Wildman–Crippen LogP) is 4.30. The van der Waals surface area contributed by atoms with Crippen molar-refractivity contribution >= 4 is 28.3 Å². The molecule has 0 fully saturated rings. The van der Waals surface area contributed by atoms with Crippen molar-refractivity contribution in [3.05, 3.63) is 78.6 Å². The molecule has 1 heterocycles. The number of fused-ring (bicyclic) bond motifs is 1. The quantitative estimate of drug-likeness (QED) is 0.532. The number of rotatable bonds is 2. The number of hydrogen-bond acceptors (Lipinski definition) is 3. The summed E-state index contributed by atoms with van der Waals surface area (Å²) in [5, 5.41) is 7.97. The standard InChI is InChI=1S/C20H14FN4O/c21-14-10-8-13(9-11-14)19-17-6-1-2-7-18(17)25(24-19)20(26)23-16-5-3-4-15(22)12-16/h2-12H,22H2,(H,23,26). The fourth-order valence-corrected chi connectivity index (χ4v) is 2.77. The molecule has 0 aliphatic carbocycles. The van der Waals surface area contributed by atoms with E-state index in [1.807, 2.05) is 0 Å². The van der Waals surface area contributed by atoms with Crippen molar-refractivity contribution in [2.45, 2.75) is 0 Å². The first-order chi connectivity index (χ1) is 12.6. The SMILES string of the molecule is Nc1cccc(NC(=O)n2nc(-c3ccc(F)cc3)c3c[c]ccc32)c1. The van der Waals surface area contributed by atoms with Crippen molar-refractivity contribution in [3.63, 3.8) is 0 Å². The van der Waals surface area contributed by atoms with Crippen molar-refractivity contribution in [2.75, 3.05) is 11.1 Å². The third-order valence-corrected chi connectivity index (χ3v) is 3.97. The lowest BCUT2D eigenvalue weighted by atomic mass is 10.1. The average molecular weight is 345 g/mol. The molecule has 127 valence electrons. The van der Waals surface area contributed by atoms with Crippen LogP contribution in [0.25, 0.3) is 22.2 Å². The molecule has 0 aliphatic heterocycles. The summed E-state index contributed by atoms with van der Waals surface area (Å²) in [4.78, 5) is 12.7. The van der Waals surface area contributed by atoms with Crippen LogP contribution in [0.15, 0.2) is 66.7 Å². The van der Waals surface area contributed by atoms with Gasteiger partial charge in [-0.05, 0) is 60.7 Å². The van der Waals surface area contributed by atoms with Crippen LogP contribution in [-0.2, 0) is 0 Å². The number of hydrogen-bond donors (Lipinski definition) is 2. The fourth-order valence-electron chi connectivity index (χ4n) is 2.77. The van der Waals surface area contributed by atoms with E-state index in [0.717, 1.165) is 5.39 Å². The number of benzene rings is 3. The summed E-state index contributed by atoms with van der Waals surface area (Å²) in [6.45, 7) is 0. The summed E-state index contributed by atoms with van der Waals surface area (Å²) in [5.41, 5.74) is 8.80. The predicted molar refractivity (Wildman–Crippen MR) is 99.2 cm³/mol. The van der Waals surface area contributed by atoms with Crippen LogP contribution in [0.3, 0.4) is 0 Å². The summed E-state index contributed by atoms with van der Waals surface area (Å²) < 4.78 is 14.5. The number of amides is 1. The lowest BCUT2D eigenvalue weighted by Crippen LogP contribution is -2.20. The Morgan fingerprint density at radius 1 is 1.15 bits per heavy atom. The Labute approximate surface area is 148 Å². The maximum absolute atomic E-state index is 13.2. The van der Waals surface area contributed by atoms with Crippen molar-refractivity contribution in [3.8, 4) is 11.3 Å². The van der Waals surface area contributed by atoms with Gasteiger partial charge >= 0.3 is 6.03 Å². The molecule has 0 spiro atoms. The highest BCUT2D eigenvalue weighted by atomic mass is 19.1. The Morgan fingerprint density at radius 2 is 1.96 bits per heavy atom. The number of nitrogens with zero attached hydrogens (tertiary/aromatic N) is 2. The van der Waals surface area contributed by atoms with Crippen LogP contribution in [-0.4, -0.2) is 15.8 Å². The van der Waals surface area contributed by atoms with E-state index in [1.54, 1.807) is 54.6 Å². The monoisotopic (exact) mass is 345 g/mol. The molecule has 6 heteroatoms. The first-order valence-electron chi connectivity index (χ1n) is 7.93. The van der Waals surface area contributed by atoms with Gasteiger partial charge in [-0.1, -0.05) is 12.1 Å². The molecule has 3 aromatic carbocycles. The molecular weight excluding hydrogens is 331 g/mol. The number of halogens is 1. The second-order valence-electron chi connectivity index (χ2n) is 5.77. The molecule has 0 aliphatic rings. The Hall–Kier alpha value is -3.67. The Bertz CT molecular complexity index is 1100. The second kappa shape index (κ2) is 6.33. The molecule has 0 saturated heterocycles. The lowest BCUT2D eigenvalue weighted by Gasteiger charge is -2.06. The van der Waals surface area contributed by atoms with E-state index in [9.17, 15) is 9.18 Å². The first kappa shape index (κ1) is 15.8. The van der Waals surface area contributed by atoms with Gasteiger partial charge < -0.3 is 11.1 Å². The number of anilines is 2. The third-order valence-electron chi connectivity index (χ3n) is 3.97. The summed E-state index contributed by atoms with van der Waals surface area (Å²) in [6, 6.07) is 20.7. The van der Waals surface area contributed by atoms with Crippen LogP contribution < -0.4 is 11.1 Å². The Morgan fingerprint density at radius 3 is 2.73 bits per heavy atom. The topological polar surface area (TPSA) is 72.9 Å². The molecule has 1 radical (unpaired) electrons. The zero-order valence-electron chi connectivity index (χ0n) is 13.6. The van der Waals surface area contributed by atoms with E-state index >= 15 is 0 Å². The minimum atomic E-state index is -0.417. The summed E-state index contributed by atoms with van der Waals surface area (Å²) in [6.07, 6.45) is 0. The number of nitrogen functional groups attached to an aromatic ring is 1. The van der Waals surface area contributed by atoms with Crippen LogP contribution in [0.5, 0.6) is 0 Å². The minimum absolute atomic E-state index is 0.330. The molecular formula is C20H14FN4O. The minimum Gasteiger partial charge on any atom is -0.399 e. The van der Waals surface area contributed by atoms with Gasteiger partial charge in [-0.15, -0.1) is 0 Å². The Kier molecular flexibility index (Phi) is 3.85. The Balaban J connectivity index is 1.78. The van der Waals surface area contributed by atoms with Gasteiger partial charge in [-0.2, -0.15) is 9.78 Å². The fraction of sp³-hybridized carbons (Fsp3) is 0. The van der Waals surface area contributed by atoms with Gasteiger partial charge in [0.1, 0.15) is 11.5 Å². The molecule has 0 atom stereocenters. The molecule has 0 bridgehead atoms. The number of nitrogens with one attached hydrogen (secondary N) is 1. The van der Waals surface area contributed by atoms with Crippen molar-refractivity contribution in [2.24, 2.45) is 0 Å². The lowest BCUT2D eigenvalue weighted by molar-refractivity contribution is 0.252. The summed E-state index contributed by atoms with van der Waals surface area (Å²) in [5.74, 6) is -0.330. The van der Waals surface area contributed by atoms with Crippen molar-refractivity contribution in [1.82, 2.24) is 9.78 Å². The molecule has 3 N–H and O–H groups in total. The number of nitrogens with two attached hydrogens (primary N) is 1. The average Bonchev–Trinajstić information content (AvgIpc) is 3.02. The molecule has 0 unspecified atom stereocenters. The molecule has 4 aromatic rings. The highest BCUT2D eigenvalue weighted by molar-refractivity contribution is 6.02. The molecule has 26 heavy (non-hydrogen) atoms. The number of carbonyl (C=O) groups excluding carboxylic acids is 1. The smallest absolute Gasteiger partial charge is 0.347 e. The van der Waals surface area contributed by atoms with Crippen LogP contribution >= 0.6 is 0 Å². The van der Waals surface area contributed by atoms with E-state index in [0.29, 0.717) is 28.1 Å². The molecule has 1 amide bonds. The van der Waals surface area contributed by atoms with Gasteiger partial charge in [0, 0.05) is 22.3 Å². The van der Waals surface area contributed by atoms with Crippen LogP contribution in [0.1, 0.15) is 0 Å². The number of aromatic nitrogens is 2. The van der Waals surface area contributed by atoms with Crippen LogP contribution in [0.4, 0.5) is 20.6 Å². The maximum atomic E-state index is 13.2. The zero-order valence-corrected chi connectivity index (χ0v) is 13.6. The van der Waals surface area contributed by atoms with Gasteiger partial charge in [0.2, 0.25) is 0 Å². The van der Waals surface area contributed by atoms with Crippen molar-refractivity contribution in [1.29, 1.82) is 0 Å². The highest BCUT2D eigenvalue weighted by Crippen LogP contribution is 2.28. The molecule has 0 saturated carbocycles. The zero-order chi connectivity index (χ0) is 18.1. The maximum Gasteiger partial charge on any atom is 0.347 e. The van der Waals surface area contributed by atoms with Crippen LogP contribution in [0.2, 0.25) is 0 Å². The van der Waals surface area contributed by atoms with Gasteiger partial charge in [0.15, 0.2) is 0 Å². The largest absolute Gasteiger partial charge is 0.399 e. The van der Waals surface area contributed by atoms with E-state index in [1.165, 1.54) is 16.8 Å².